The largest absolute Gasteiger partial charge is 0.492 e. The first kappa shape index (κ1) is 26.0. The van der Waals surface area contributed by atoms with Gasteiger partial charge in [0.2, 0.25) is 0 Å². The van der Waals surface area contributed by atoms with E-state index in [9.17, 15) is 13.2 Å². The molecule has 2 aliphatic heterocycles. The number of aromatic amines is 1. The van der Waals surface area contributed by atoms with Gasteiger partial charge in [-0.25, -0.2) is 13.2 Å². The Morgan fingerprint density at radius 3 is 2.57 bits per heavy atom. The number of nitrogens with zero attached hydrogens (tertiary/aromatic N) is 2. The van der Waals surface area contributed by atoms with Crippen LogP contribution < -0.4 is 4.74 Å². The second-order valence-corrected chi connectivity index (χ2v) is 11.3. The van der Waals surface area contributed by atoms with Crippen molar-refractivity contribution in [1.29, 1.82) is 0 Å². The lowest BCUT2D eigenvalue weighted by Crippen LogP contribution is -2.49. The monoisotopic (exact) mass is 517 g/mol. The van der Waals surface area contributed by atoms with E-state index in [4.69, 9.17) is 4.74 Å². The number of hydrogen-bond acceptors (Lipinski definition) is 3. The quantitative estimate of drug-likeness (QED) is 0.366. The van der Waals surface area contributed by atoms with Gasteiger partial charge in [-0.15, -0.1) is 0 Å². The number of likely N-dealkylation sites (tertiary alicyclic amines) is 1. The SMILES string of the molecule is Cc1cc(OCCN2CC(CF)C2)cc(F)c1[C@H]1c2[nH]c3cccc(F)c3c2C[C@H](C)N1CC(C)(C)F. The summed E-state index contributed by atoms with van der Waals surface area (Å²) >= 11 is 0. The fourth-order valence-corrected chi connectivity index (χ4v) is 5.96. The summed E-state index contributed by atoms with van der Waals surface area (Å²) in [5, 5.41) is 0.521. The standard InChI is InChI=1S/C29H35F4N3O/c1-17-10-20(37-9-8-35-14-19(13-30)15-35)12-23(32)25(17)28-27-21(11-18(2)36(28)16-29(3,4)33)26-22(31)6-5-7-24(26)34-27/h5-7,10,12,18-19,28,34H,8-9,11,13-16H2,1-4H3/t18-,28-/m0/s1. The zero-order valence-electron chi connectivity index (χ0n) is 21.9. The molecule has 2 aliphatic rings. The molecule has 1 saturated heterocycles. The molecule has 0 aliphatic carbocycles. The van der Waals surface area contributed by atoms with Gasteiger partial charge in [0.05, 0.1) is 12.7 Å². The summed E-state index contributed by atoms with van der Waals surface area (Å²) in [5.41, 5.74) is 1.79. The molecule has 1 N–H and O–H groups in total. The van der Waals surface area contributed by atoms with Crippen LogP contribution in [0.15, 0.2) is 30.3 Å². The van der Waals surface area contributed by atoms with Gasteiger partial charge in [-0.2, -0.15) is 0 Å². The molecule has 0 amide bonds. The summed E-state index contributed by atoms with van der Waals surface area (Å²) in [5.74, 6) is -0.231. The van der Waals surface area contributed by atoms with Gasteiger partial charge in [0.15, 0.2) is 0 Å². The molecule has 3 heterocycles. The van der Waals surface area contributed by atoms with Gasteiger partial charge in [-0.3, -0.25) is 14.2 Å². The zero-order chi connectivity index (χ0) is 26.5. The molecule has 5 rings (SSSR count). The first-order valence-electron chi connectivity index (χ1n) is 13.0. The number of benzene rings is 2. The second kappa shape index (κ2) is 9.95. The number of alkyl halides is 2. The number of rotatable bonds is 8. The molecule has 4 nitrogen and oxygen atoms in total. The molecule has 0 saturated carbocycles. The van der Waals surface area contributed by atoms with Crippen LogP contribution in [0.1, 0.15) is 49.2 Å². The van der Waals surface area contributed by atoms with Crippen molar-refractivity contribution < 1.29 is 22.3 Å². The fourth-order valence-electron chi connectivity index (χ4n) is 5.96. The van der Waals surface area contributed by atoms with Crippen LogP contribution in [0.5, 0.6) is 5.75 Å². The highest BCUT2D eigenvalue weighted by molar-refractivity contribution is 5.86. The van der Waals surface area contributed by atoms with Gasteiger partial charge in [0.1, 0.15) is 29.7 Å². The molecule has 0 unspecified atom stereocenters. The van der Waals surface area contributed by atoms with E-state index >= 15 is 4.39 Å². The normalized spacial score (nSPS) is 21.3. The maximum atomic E-state index is 15.9. The molecule has 200 valence electrons. The topological polar surface area (TPSA) is 31.5 Å². The molecule has 2 aromatic carbocycles. The third-order valence-electron chi connectivity index (χ3n) is 7.65. The molecule has 37 heavy (non-hydrogen) atoms. The molecule has 1 fully saturated rings. The number of H-pyrrole nitrogens is 1. The van der Waals surface area contributed by atoms with Gasteiger partial charge in [0.25, 0.3) is 0 Å². The minimum absolute atomic E-state index is 0.100. The van der Waals surface area contributed by atoms with Crippen LogP contribution in [0, 0.1) is 24.5 Å². The van der Waals surface area contributed by atoms with Crippen LogP contribution in [0.2, 0.25) is 0 Å². The smallest absolute Gasteiger partial charge is 0.132 e. The van der Waals surface area contributed by atoms with Gasteiger partial charge in [-0.05, 0) is 63.4 Å². The highest BCUT2D eigenvalue weighted by Crippen LogP contribution is 2.44. The van der Waals surface area contributed by atoms with Crippen LogP contribution in [-0.2, 0) is 6.42 Å². The fraction of sp³-hybridized carbons (Fsp3) is 0.517. The Kier molecular flexibility index (Phi) is 7.00. The Morgan fingerprint density at radius 2 is 1.89 bits per heavy atom. The van der Waals surface area contributed by atoms with E-state index in [-0.39, 0.29) is 31.0 Å². The van der Waals surface area contributed by atoms with Gasteiger partial charge in [-0.1, -0.05) is 6.07 Å². The van der Waals surface area contributed by atoms with Crippen molar-refractivity contribution in [1.82, 2.24) is 14.8 Å². The Bertz CT molecular complexity index is 1260. The lowest BCUT2D eigenvalue weighted by atomic mass is 9.85. The first-order chi connectivity index (χ1) is 17.6. The third kappa shape index (κ3) is 5.10. The number of nitrogens with one attached hydrogen (secondary N) is 1. The molecule has 8 heteroatoms. The first-order valence-corrected chi connectivity index (χ1v) is 13.0. The lowest BCUT2D eigenvalue weighted by molar-refractivity contribution is 0.0648. The number of halogens is 4. The van der Waals surface area contributed by atoms with E-state index < -0.39 is 17.5 Å². The average Bonchev–Trinajstić information content (AvgIpc) is 3.15. The minimum atomic E-state index is -1.51. The Labute approximate surface area is 215 Å². The van der Waals surface area contributed by atoms with Crippen molar-refractivity contribution in [3.63, 3.8) is 0 Å². The molecule has 0 radical (unpaired) electrons. The predicted molar refractivity (Wildman–Crippen MR) is 138 cm³/mol. The van der Waals surface area contributed by atoms with Crippen LogP contribution in [0.3, 0.4) is 0 Å². The average molecular weight is 518 g/mol. The Morgan fingerprint density at radius 1 is 1.14 bits per heavy atom. The number of ether oxygens (including phenoxy) is 1. The van der Waals surface area contributed by atoms with E-state index in [1.54, 1.807) is 12.1 Å². The number of fused-ring (bicyclic) bond motifs is 3. The molecule has 2 atom stereocenters. The maximum Gasteiger partial charge on any atom is 0.132 e. The summed E-state index contributed by atoms with van der Waals surface area (Å²) in [7, 11) is 0. The summed E-state index contributed by atoms with van der Waals surface area (Å²) in [6.45, 7) is 9.13. The van der Waals surface area contributed by atoms with E-state index in [0.717, 1.165) is 18.7 Å². The number of aryl methyl sites for hydroxylation is 1. The van der Waals surface area contributed by atoms with Crippen molar-refractivity contribution in [2.24, 2.45) is 5.92 Å². The molecule has 3 aromatic rings. The highest BCUT2D eigenvalue weighted by Gasteiger charge is 2.40. The van der Waals surface area contributed by atoms with E-state index in [2.05, 4.69) is 9.88 Å². The zero-order valence-corrected chi connectivity index (χ0v) is 21.9. The lowest BCUT2D eigenvalue weighted by Gasteiger charge is -2.43. The maximum absolute atomic E-state index is 15.9. The van der Waals surface area contributed by atoms with Crippen molar-refractivity contribution in [3.05, 3.63) is 64.4 Å². The number of aromatic nitrogens is 1. The van der Waals surface area contributed by atoms with Crippen molar-refractivity contribution in [2.75, 3.05) is 39.5 Å². The van der Waals surface area contributed by atoms with Crippen molar-refractivity contribution in [2.45, 2.75) is 51.9 Å². The van der Waals surface area contributed by atoms with E-state index in [1.807, 2.05) is 24.8 Å². The Balaban J connectivity index is 1.49. The van der Waals surface area contributed by atoms with Gasteiger partial charge in [0, 0.05) is 66.4 Å². The minimum Gasteiger partial charge on any atom is -0.492 e. The second-order valence-electron chi connectivity index (χ2n) is 11.3. The van der Waals surface area contributed by atoms with E-state index in [0.29, 0.717) is 53.0 Å². The van der Waals surface area contributed by atoms with Gasteiger partial charge < -0.3 is 9.72 Å². The summed E-state index contributed by atoms with van der Waals surface area (Å²) in [6, 6.07) is 7.35. The summed E-state index contributed by atoms with van der Waals surface area (Å²) in [4.78, 5) is 7.43. The van der Waals surface area contributed by atoms with Crippen LogP contribution in [-0.4, -0.2) is 66.0 Å². The van der Waals surface area contributed by atoms with Crippen LogP contribution >= 0.6 is 0 Å². The molecular weight excluding hydrogens is 482 g/mol. The summed E-state index contributed by atoms with van der Waals surface area (Å²) < 4.78 is 64.2. The molecule has 1 aromatic heterocycles. The van der Waals surface area contributed by atoms with Crippen molar-refractivity contribution >= 4 is 10.9 Å². The predicted octanol–water partition coefficient (Wildman–Crippen LogP) is 6.12. The molecular formula is C29H35F4N3O. The van der Waals surface area contributed by atoms with E-state index in [1.165, 1.54) is 26.0 Å². The third-order valence-corrected chi connectivity index (χ3v) is 7.65. The highest BCUT2D eigenvalue weighted by atomic mass is 19.1. The van der Waals surface area contributed by atoms with Crippen LogP contribution in [0.4, 0.5) is 17.6 Å². The summed E-state index contributed by atoms with van der Waals surface area (Å²) in [6.07, 6.45) is 0.532. The Hall–Kier alpha value is -2.58. The van der Waals surface area contributed by atoms with Gasteiger partial charge >= 0.3 is 0 Å². The molecule has 0 spiro atoms. The molecule has 0 bridgehead atoms. The number of hydrogen-bond donors (Lipinski definition) is 1. The van der Waals surface area contributed by atoms with Crippen LogP contribution in [0.25, 0.3) is 10.9 Å². The van der Waals surface area contributed by atoms with Crippen molar-refractivity contribution in [3.8, 4) is 5.75 Å².